The summed E-state index contributed by atoms with van der Waals surface area (Å²) < 4.78 is 0. The van der Waals surface area contributed by atoms with Crippen molar-refractivity contribution in [3.8, 4) is 0 Å². The highest BCUT2D eigenvalue weighted by atomic mass is 16.4. The van der Waals surface area contributed by atoms with Crippen LogP contribution in [0.15, 0.2) is 0 Å². The van der Waals surface area contributed by atoms with Gasteiger partial charge in [-0.15, -0.1) is 0 Å². The first-order chi connectivity index (χ1) is 15.3. The molecule has 0 heterocycles. The van der Waals surface area contributed by atoms with Crippen LogP contribution in [0.4, 0.5) is 0 Å². The molecule has 2 atom stereocenters. The van der Waals surface area contributed by atoms with Gasteiger partial charge in [0.05, 0.1) is 32.5 Å². The Morgan fingerprint density at radius 3 is 1.61 bits per heavy atom. The molecule has 0 aliphatic carbocycles. The van der Waals surface area contributed by atoms with Gasteiger partial charge in [-0.25, -0.2) is 0 Å². The first kappa shape index (κ1) is 28.7. The van der Waals surface area contributed by atoms with Crippen LogP contribution in [0, 0.1) is 0 Å². The van der Waals surface area contributed by atoms with Crippen molar-refractivity contribution in [2.24, 2.45) is 17.2 Å². The summed E-state index contributed by atoms with van der Waals surface area (Å²) in [6, 6.07) is -3.18. The summed E-state index contributed by atoms with van der Waals surface area (Å²) in [5.74, 6) is -7.86. The molecule has 0 unspecified atom stereocenters. The highest BCUT2D eigenvalue weighted by Gasteiger charge is 2.29. The normalized spacial score (nSPS) is 11.8. The summed E-state index contributed by atoms with van der Waals surface area (Å²) in [5, 5.41) is 18.9. The Morgan fingerprint density at radius 2 is 1.12 bits per heavy atom. The standard InChI is InChI=1S/C16H26N8O9/c17-3-11(27)20-5-13(29)23-8(2-10(19)26)16(33)24-7(1-9(18)25)15(32)22-4-12(28)21-6-14(30)31/h7-8H,1-6,17H2,(H2,18,25)(H2,19,26)(H,20,27)(H,21,28)(H,22,32)(H,23,29)(H,24,33)(H,30,31)/t7-,8-/m0/s1. The van der Waals surface area contributed by atoms with E-state index in [1.54, 1.807) is 0 Å². The van der Waals surface area contributed by atoms with E-state index in [9.17, 15) is 38.4 Å². The minimum atomic E-state index is -1.61. The van der Waals surface area contributed by atoms with Crippen LogP contribution >= 0.6 is 0 Å². The molecule has 0 radical (unpaired) electrons. The van der Waals surface area contributed by atoms with Gasteiger partial charge in [0.15, 0.2) is 0 Å². The summed E-state index contributed by atoms with van der Waals surface area (Å²) in [7, 11) is 0. The molecule has 0 rings (SSSR count). The van der Waals surface area contributed by atoms with Crippen LogP contribution < -0.4 is 43.8 Å². The number of aliphatic carboxylic acids is 1. The molecule has 0 spiro atoms. The molecule has 0 aromatic carbocycles. The zero-order chi connectivity index (χ0) is 25.6. The van der Waals surface area contributed by atoms with Crippen molar-refractivity contribution in [3.05, 3.63) is 0 Å². The van der Waals surface area contributed by atoms with Gasteiger partial charge in [-0.3, -0.25) is 38.4 Å². The van der Waals surface area contributed by atoms with Gasteiger partial charge in [0.1, 0.15) is 18.6 Å². The zero-order valence-electron chi connectivity index (χ0n) is 17.3. The number of nitrogens with one attached hydrogen (secondary N) is 5. The molecule has 17 nitrogen and oxygen atoms in total. The number of carboxylic acids is 1. The largest absolute Gasteiger partial charge is 0.480 e. The van der Waals surface area contributed by atoms with Crippen molar-refractivity contribution < 1.29 is 43.5 Å². The van der Waals surface area contributed by atoms with Crippen LogP contribution in [0.1, 0.15) is 12.8 Å². The van der Waals surface area contributed by atoms with Crippen molar-refractivity contribution in [2.45, 2.75) is 24.9 Å². The number of hydrogen-bond acceptors (Lipinski definition) is 9. The third-order valence-corrected chi connectivity index (χ3v) is 3.59. The molecule has 12 N–H and O–H groups in total. The van der Waals surface area contributed by atoms with Crippen molar-refractivity contribution in [2.75, 3.05) is 26.2 Å². The summed E-state index contributed by atoms with van der Waals surface area (Å²) in [4.78, 5) is 92.2. The molecule has 0 bridgehead atoms. The second-order valence-electron chi connectivity index (χ2n) is 6.39. The van der Waals surface area contributed by atoms with Gasteiger partial charge >= 0.3 is 5.97 Å². The second kappa shape index (κ2) is 14.7. The fraction of sp³-hybridized carbons (Fsp3) is 0.500. The highest BCUT2D eigenvalue weighted by molar-refractivity contribution is 5.97. The van der Waals surface area contributed by atoms with Crippen LogP contribution in [0.2, 0.25) is 0 Å². The van der Waals surface area contributed by atoms with Gasteiger partial charge in [-0.05, 0) is 0 Å². The monoisotopic (exact) mass is 474 g/mol. The summed E-state index contributed by atoms with van der Waals surface area (Å²) in [6.07, 6.45) is -1.40. The minimum absolute atomic E-state index is 0.392. The lowest BCUT2D eigenvalue weighted by Gasteiger charge is -2.22. The van der Waals surface area contributed by atoms with Crippen molar-refractivity contribution in [1.82, 2.24) is 26.6 Å². The van der Waals surface area contributed by atoms with Crippen LogP contribution in [0.5, 0.6) is 0 Å². The average Bonchev–Trinajstić information content (AvgIpc) is 2.72. The summed E-state index contributed by atoms with van der Waals surface area (Å²) in [5.41, 5.74) is 15.2. The van der Waals surface area contributed by atoms with Gasteiger partial charge in [0.25, 0.3) is 0 Å². The quantitative estimate of drug-likeness (QED) is 0.108. The highest BCUT2D eigenvalue weighted by Crippen LogP contribution is 1.98. The lowest BCUT2D eigenvalue weighted by atomic mass is 10.1. The number of primary amides is 2. The molecular weight excluding hydrogens is 448 g/mol. The van der Waals surface area contributed by atoms with E-state index in [-0.39, 0.29) is 0 Å². The van der Waals surface area contributed by atoms with Gasteiger partial charge < -0.3 is 48.9 Å². The number of nitrogens with two attached hydrogens (primary N) is 3. The van der Waals surface area contributed by atoms with Crippen LogP contribution in [-0.2, 0) is 38.4 Å². The van der Waals surface area contributed by atoms with Gasteiger partial charge in [0, 0.05) is 0 Å². The third-order valence-electron chi connectivity index (χ3n) is 3.59. The van der Waals surface area contributed by atoms with Crippen LogP contribution in [0.25, 0.3) is 0 Å². The van der Waals surface area contributed by atoms with E-state index >= 15 is 0 Å². The zero-order valence-corrected chi connectivity index (χ0v) is 17.3. The molecule has 0 aliphatic heterocycles. The van der Waals surface area contributed by atoms with Crippen molar-refractivity contribution in [1.29, 1.82) is 0 Å². The number of carbonyl (C=O) groups is 8. The predicted molar refractivity (Wildman–Crippen MR) is 107 cm³/mol. The molecule has 184 valence electrons. The third kappa shape index (κ3) is 13.6. The molecule has 17 heteroatoms. The van der Waals surface area contributed by atoms with Crippen LogP contribution in [-0.4, -0.2) is 90.7 Å². The Kier molecular flexibility index (Phi) is 12.8. The fourth-order valence-electron chi connectivity index (χ4n) is 2.12. The van der Waals surface area contributed by atoms with E-state index in [1.807, 2.05) is 5.32 Å². The van der Waals surface area contributed by atoms with Crippen molar-refractivity contribution >= 4 is 47.3 Å². The van der Waals surface area contributed by atoms with E-state index in [4.69, 9.17) is 22.3 Å². The van der Waals surface area contributed by atoms with Gasteiger partial charge in [-0.1, -0.05) is 0 Å². The lowest BCUT2D eigenvalue weighted by Crippen LogP contribution is -2.56. The Morgan fingerprint density at radius 1 is 0.636 bits per heavy atom. The average molecular weight is 474 g/mol. The molecule has 0 saturated heterocycles. The second-order valence-corrected chi connectivity index (χ2v) is 6.39. The molecule has 33 heavy (non-hydrogen) atoms. The van der Waals surface area contributed by atoms with Gasteiger partial charge in [0.2, 0.25) is 41.4 Å². The molecule has 0 aromatic heterocycles. The molecule has 0 aromatic rings. The van der Waals surface area contributed by atoms with E-state index in [2.05, 4.69) is 21.3 Å². The van der Waals surface area contributed by atoms with E-state index in [0.29, 0.717) is 0 Å². The minimum Gasteiger partial charge on any atom is -0.480 e. The van der Waals surface area contributed by atoms with E-state index in [1.165, 1.54) is 0 Å². The first-order valence-corrected chi connectivity index (χ1v) is 9.25. The molecule has 0 fully saturated rings. The maximum absolute atomic E-state index is 12.5. The maximum Gasteiger partial charge on any atom is 0.322 e. The number of rotatable bonds is 15. The lowest BCUT2D eigenvalue weighted by molar-refractivity contribution is -0.138. The fourth-order valence-corrected chi connectivity index (χ4v) is 2.12. The van der Waals surface area contributed by atoms with Crippen LogP contribution in [0.3, 0.4) is 0 Å². The number of carboxylic acid groups (broad SMARTS) is 1. The number of hydrogen-bond donors (Lipinski definition) is 9. The Labute approximate surface area is 186 Å². The molecule has 0 aliphatic rings. The molecule has 0 saturated carbocycles. The van der Waals surface area contributed by atoms with Gasteiger partial charge in [-0.2, -0.15) is 0 Å². The Balaban J connectivity index is 5.15. The number of amides is 7. The van der Waals surface area contributed by atoms with E-state index in [0.717, 1.165) is 0 Å². The first-order valence-electron chi connectivity index (χ1n) is 9.25. The molecule has 7 amide bonds. The maximum atomic E-state index is 12.5. The topological polar surface area (TPSA) is 295 Å². The summed E-state index contributed by atoms with van der Waals surface area (Å²) >= 11 is 0. The molecular formula is C16H26N8O9. The van der Waals surface area contributed by atoms with Crippen molar-refractivity contribution in [3.63, 3.8) is 0 Å². The SMILES string of the molecule is NCC(=O)NCC(=O)N[C@@H](CC(N)=O)C(=O)N[C@@H](CC(N)=O)C(=O)NCC(=O)NCC(=O)O. The summed E-state index contributed by atoms with van der Waals surface area (Å²) in [6.45, 7) is -2.35. The Hall–Kier alpha value is -4.28. The number of carbonyl (C=O) groups excluding carboxylic acids is 7. The smallest absolute Gasteiger partial charge is 0.322 e. The van der Waals surface area contributed by atoms with E-state index < -0.39 is 98.4 Å². The Bertz CT molecular complexity index is 801. The predicted octanol–water partition coefficient (Wildman–Crippen LogP) is -6.90.